The Hall–Kier alpha value is -2.41. The second-order valence-corrected chi connectivity index (χ2v) is 4.81. The molecule has 2 rings (SSSR count). The maximum Gasteiger partial charge on any atom is 0.287 e. The van der Waals surface area contributed by atoms with Crippen molar-refractivity contribution in [3.63, 3.8) is 0 Å². The number of carbonyl (C=O) groups excluding carboxylic acids is 1. The first kappa shape index (κ1) is 14.0. The van der Waals surface area contributed by atoms with Crippen LogP contribution in [0.4, 0.5) is 11.4 Å². The molecular weight excluding hydrogens is 278 g/mol. The number of pyridine rings is 1. The fourth-order valence-electron chi connectivity index (χ4n) is 1.42. The second-order valence-electron chi connectivity index (χ2n) is 3.81. The molecule has 1 N–H and O–H groups in total. The van der Waals surface area contributed by atoms with E-state index in [4.69, 9.17) is 0 Å². The summed E-state index contributed by atoms with van der Waals surface area (Å²) in [6, 6.07) is 12.0. The van der Waals surface area contributed by atoms with Gasteiger partial charge >= 0.3 is 0 Å². The number of nitrogens with one attached hydrogen (secondary N) is 1. The van der Waals surface area contributed by atoms with E-state index < -0.39 is 4.92 Å². The van der Waals surface area contributed by atoms with Gasteiger partial charge in [0, 0.05) is 11.8 Å². The molecule has 0 radical (unpaired) electrons. The molecule has 0 fully saturated rings. The molecule has 0 saturated heterocycles. The number of aromatic nitrogens is 1. The van der Waals surface area contributed by atoms with E-state index in [-0.39, 0.29) is 17.3 Å². The van der Waals surface area contributed by atoms with E-state index >= 15 is 0 Å². The number of amides is 1. The van der Waals surface area contributed by atoms with Gasteiger partial charge in [-0.25, -0.2) is 4.98 Å². The predicted octanol–water partition coefficient (Wildman–Crippen LogP) is 2.72. The van der Waals surface area contributed by atoms with Crippen molar-refractivity contribution < 1.29 is 9.72 Å². The number of nitrogens with zero attached hydrogens (tertiary/aromatic N) is 2. The third-order valence-electron chi connectivity index (χ3n) is 2.34. The molecule has 0 atom stereocenters. The molecule has 1 heterocycles. The Morgan fingerprint density at radius 3 is 2.60 bits per heavy atom. The van der Waals surface area contributed by atoms with E-state index in [2.05, 4.69) is 10.3 Å². The first-order valence-corrected chi connectivity index (χ1v) is 6.72. The lowest BCUT2D eigenvalue weighted by Crippen LogP contribution is -2.13. The van der Waals surface area contributed by atoms with Gasteiger partial charge in [-0.1, -0.05) is 30.0 Å². The molecule has 2 aromatic rings. The first-order chi connectivity index (χ1) is 9.65. The Morgan fingerprint density at radius 2 is 2.00 bits per heavy atom. The van der Waals surface area contributed by atoms with Gasteiger partial charge in [0.2, 0.25) is 5.91 Å². The summed E-state index contributed by atoms with van der Waals surface area (Å²) in [6.07, 6.45) is 1.18. The molecule has 0 unspecified atom stereocenters. The maximum absolute atomic E-state index is 11.7. The fourth-order valence-corrected chi connectivity index (χ4v) is 2.07. The van der Waals surface area contributed by atoms with Crippen molar-refractivity contribution in [3.05, 3.63) is 58.8 Å². The second kappa shape index (κ2) is 6.67. The Bertz CT molecular complexity index is 602. The number of thioether (sulfide) groups is 1. The average Bonchev–Trinajstić information content (AvgIpc) is 2.46. The van der Waals surface area contributed by atoms with Crippen molar-refractivity contribution in [2.75, 3.05) is 11.1 Å². The molecule has 6 nitrogen and oxygen atoms in total. The minimum atomic E-state index is -0.510. The van der Waals surface area contributed by atoms with Crippen LogP contribution in [0.25, 0.3) is 0 Å². The number of anilines is 1. The van der Waals surface area contributed by atoms with Crippen molar-refractivity contribution in [1.82, 2.24) is 4.98 Å². The van der Waals surface area contributed by atoms with Gasteiger partial charge in [0.05, 0.1) is 15.7 Å². The van der Waals surface area contributed by atoms with Crippen molar-refractivity contribution in [3.8, 4) is 0 Å². The number of rotatable bonds is 5. The third-order valence-corrected chi connectivity index (χ3v) is 3.28. The monoisotopic (exact) mass is 289 g/mol. The number of hydrogen-bond acceptors (Lipinski definition) is 5. The molecular formula is C13H11N3O3S. The van der Waals surface area contributed by atoms with Crippen LogP contribution in [0.2, 0.25) is 0 Å². The van der Waals surface area contributed by atoms with E-state index in [0.29, 0.717) is 5.03 Å². The van der Waals surface area contributed by atoms with E-state index in [1.165, 1.54) is 30.1 Å². The quantitative estimate of drug-likeness (QED) is 0.519. The summed E-state index contributed by atoms with van der Waals surface area (Å²) < 4.78 is 0. The van der Waals surface area contributed by atoms with Gasteiger partial charge in [0.1, 0.15) is 6.20 Å². The highest BCUT2D eigenvalue weighted by molar-refractivity contribution is 7.99. The lowest BCUT2D eigenvalue weighted by molar-refractivity contribution is -0.385. The molecule has 1 amide bonds. The fraction of sp³-hybridized carbons (Fsp3) is 0.0769. The van der Waals surface area contributed by atoms with Crippen LogP contribution in [-0.2, 0) is 4.79 Å². The normalized spacial score (nSPS) is 10.0. The molecule has 0 aliphatic heterocycles. The summed E-state index contributed by atoms with van der Waals surface area (Å²) in [5, 5.41) is 13.8. The highest BCUT2D eigenvalue weighted by Gasteiger charge is 2.07. The molecule has 1 aromatic carbocycles. The number of para-hydroxylation sites is 1. The number of hydrogen-bond donors (Lipinski definition) is 1. The van der Waals surface area contributed by atoms with Crippen molar-refractivity contribution in [1.29, 1.82) is 0 Å². The third kappa shape index (κ3) is 4.06. The van der Waals surface area contributed by atoms with Crippen LogP contribution in [0, 0.1) is 10.1 Å². The summed E-state index contributed by atoms with van der Waals surface area (Å²) in [5.41, 5.74) is 0.665. The van der Waals surface area contributed by atoms with Crippen molar-refractivity contribution in [2.45, 2.75) is 5.03 Å². The van der Waals surface area contributed by atoms with Crippen LogP contribution in [0.5, 0.6) is 0 Å². The molecule has 0 saturated carbocycles. The Morgan fingerprint density at radius 1 is 1.25 bits per heavy atom. The maximum atomic E-state index is 11.7. The van der Waals surface area contributed by atoms with Crippen LogP contribution in [0.1, 0.15) is 0 Å². The Labute approximate surface area is 119 Å². The lowest BCUT2D eigenvalue weighted by atomic mass is 10.3. The summed E-state index contributed by atoms with van der Waals surface area (Å²) in [5.74, 6) is 0.0426. The topological polar surface area (TPSA) is 85.1 Å². The molecule has 0 aliphatic carbocycles. The standard InChI is InChI=1S/C13H11N3O3S/c17-12(15-10-4-2-1-3-5-10)9-20-13-7-6-11(8-14-13)16(18)19/h1-8H,9H2,(H,15,17). The Kier molecular flexibility index (Phi) is 4.67. The zero-order valence-electron chi connectivity index (χ0n) is 10.4. The van der Waals surface area contributed by atoms with Crippen LogP contribution >= 0.6 is 11.8 Å². The number of carbonyl (C=O) groups is 1. The van der Waals surface area contributed by atoms with Crippen molar-refractivity contribution >= 4 is 29.0 Å². The van der Waals surface area contributed by atoms with Gasteiger partial charge in [0.25, 0.3) is 5.69 Å². The SMILES string of the molecule is O=C(CSc1ccc([N+](=O)[O-])cn1)Nc1ccccc1. The minimum Gasteiger partial charge on any atom is -0.325 e. The van der Waals surface area contributed by atoms with Crippen LogP contribution in [0.15, 0.2) is 53.7 Å². The van der Waals surface area contributed by atoms with E-state index in [0.717, 1.165) is 5.69 Å². The van der Waals surface area contributed by atoms with Gasteiger partial charge in [-0.15, -0.1) is 0 Å². The molecule has 7 heteroatoms. The van der Waals surface area contributed by atoms with E-state index in [1.807, 2.05) is 18.2 Å². The van der Waals surface area contributed by atoms with E-state index in [9.17, 15) is 14.9 Å². The molecule has 102 valence electrons. The van der Waals surface area contributed by atoms with Crippen molar-refractivity contribution in [2.24, 2.45) is 0 Å². The first-order valence-electron chi connectivity index (χ1n) is 5.73. The van der Waals surface area contributed by atoms with Gasteiger partial charge in [-0.2, -0.15) is 0 Å². The average molecular weight is 289 g/mol. The molecule has 0 spiro atoms. The zero-order chi connectivity index (χ0) is 14.4. The largest absolute Gasteiger partial charge is 0.325 e. The summed E-state index contributed by atoms with van der Waals surface area (Å²) in [4.78, 5) is 25.6. The predicted molar refractivity (Wildman–Crippen MR) is 76.7 cm³/mol. The van der Waals surface area contributed by atoms with E-state index in [1.54, 1.807) is 12.1 Å². The molecule has 0 aliphatic rings. The van der Waals surface area contributed by atoms with Gasteiger partial charge in [-0.3, -0.25) is 14.9 Å². The summed E-state index contributed by atoms with van der Waals surface area (Å²) in [6.45, 7) is 0. The highest BCUT2D eigenvalue weighted by atomic mass is 32.2. The Balaban J connectivity index is 1.85. The summed E-state index contributed by atoms with van der Waals surface area (Å²) >= 11 is 1.22. The molecule has 0 bridgehead atoms. The molecule has 1 aromatic heterocycles. The van der Waals surface area contributed by atoms with Crippen LogP contribution < -0.4 is 5.32 Å². The number of benzene rings is 1. The van der Waals surface area contributed by atoms with Gasteiger partial charge in [-0.05, 0) is 18.2 Å². The van der Waals surface area contributed by atoms with Crippen LogP contribution in [-0.4, -0.2) is 21.6 Å². The molecule has 20 heavy (non-hydrogen) atoms. The smallest absolute Gasteiger partial charge is 0.287 e. The lowest BCUT2D eigenvalue weighted by Gasteiger charge is -2.04. The van der Waals surface area contributed by atoms with Gasteiger partial charge in [0.15, 0.2) is 0 Å². The minimum absolute atomic E-state index is 0.0666. The zero-order valence-corrected chi connectivity index (χ0v) is 11.2. The van der Waals surface area contributed by atoms with Gasteiger partial charge < -0.3 is 5.32 Å². The number of nitro groups is 1. The summed E-state index contributed by atoms with van der Waals surface area (Å²) in [7, 11) is 0. The van der Waals surface area contributed by atoms with Crippen LogP contribution in [0.3, 0.4) is 0 Å². The highest BCUT2D eigenvalue weighted by Crippen LogP contribution is 2.18.